The number of rotatable bonds is 25. The van der Waals surface area contributed by atoms with Gasteiger partial charge < -0.3 is 28.4 Å². The Kier molecular flexibility index (Phi) is 27.1. The molecule has 9 heteroatoms. The van der Waals surface area contributed by atoms with Gasteiger partial charge in [-0.05, 0) is 113 Å². The second-order valence-electron chi connectivity index (χ2n) is 21.5. The van der Waals surface area contributed by atoms with Crippen molar-refractivity contribution in [3.8, 4) is 0 Å². The highest BCUT2D eigenvalue weighted by Crippen LogP contribution is 2.69. The summed E-state index contributed by atoms with van der Waals surface area (Å²) in [6, 6.07) is 0. The molecule has 0 radical (unpaired) electrons. The lowest BCUT2D eigenvalue weighted by Crippen LogP contribution is -2.63. The molecule has 376 valence electrons. The van der Waals surface area contributed by atoms with E-state index < -0.39 is 0 Å². The lowest BCUT2D eigenvalue weighted by molar-refractivity contribution is -0.235. The van der Waals surface area contributed by atoms with E-state index in [4.69, 9.17) is 28.4 Å². The van der Waals surface area contributed by atoms with Gasteiger partial charge in [-0.15, -0.1) is 0 Å². The minimum Gasteiger partial charge on any atom is -0.462 e. The van der Waals surface area contributed by atoms with E-state index in [-0.39, 0.29) is 53.3 Å². The van der Waals surface area contributed by atoms with Crippen LogP contribution in [0.4, 0.5) is 0 Å². The van der Waals surface area contributed by atoms with Gasteiger partial charge in [0.1, 0.15) is 0 Å². The molecule has 0 bridgehead atoms. The average Bonchev–Trinajstić information content (AvgIpc) is 3.28. The number of unbranched alkanes of at least 4 members (excludes halogenated alkanes) is 2. The minimum absolute atomic E-state index is 0.142. The van der Waals surface area contributed by atoms with Gasteiger partial charge >= 0.3 is 17.9 Å². The summed E-state index contributed by atoms with van der Waals surface area (Å²) in [6.45, 7) is 38.8. The van der Waals surface area contributed by atoms with Gasteiger partial charge in [0.05, 0.1) is 58.0 Å². The quantitative estimate of drug-likeness (QED) is 0.0383. The van der Waals surface area contributed by atoms with Crippen LogP contribution in [0.1, 0.15) is 192 Å². The Morgan fingerprint density at radius 3 is 1.46 bits per heavy atom. The Labute approximate surface area is 398 Å². The molecule has 4 rings (SSSR count). The van der Waals surface area contributed by atoms with Gasteiger partial charge in [0.2, 0.25) is 0 Å². The van der Waals surface area contributed by atoms with Crippen molar-refractivity contribution in [2.75, 3.05) is 39.6 Å². The number of esters is 3. The molecule has 0 aromatic carbocycles. The van der Waals surface area contributed by atoms with Crippen LogP contribution >= 0.6 is 0 Å². The van der Waals surface area contributed by atoms with Gasteiger partial charge in [-0.1, -0.05) is 133 Å². The fraction of sp³-hybridized carbons (Fsp3) is 0.839. The SMILES string of the molecule is C=C(C)C(=O)OCC(C)COC1CCCCC1CC1(C)CC2(C)CCC(CC)C(OCC(C)COC(=O)C(=C)C)C21.C=C(C)C(=O)OCC(C)COC1CCCCC1CCCCC.CC. The molecule has 4 aliphatic carbocycles. The van der Waals surface area contributed by atoms with Crippen LogP contribution in [-0.2, 0) is 42.8 Å². The number of carbonyl (C=O) groups excluding carboxylic acids is 3. The summed E-state index contributed by atoms with van der Waals surface area (Å²) in [5, 5.41) is 0. The normalized spacial score (nSPS) is 29.6. The molecule has 0 amide bonds. The van der Waals surface area contributed by atoms with E-state index >= 15 is 0 Å². The van der Waals surface area contributed by atoms with Crippen molar-refractivity contribution in [1.82, 2.24) is 0 Å². The van der Waals surface area contributed by atoms with Crippen molar-refractivity contribution in [2.45, 2.75) is 211 Å². The molecule has 4 aliphatic rings. The molecule has 0 heterocycles. The summed E-state index contributed by atoms with van der Waals surface area (Å²) < 4.78 is 35.5. The van der Waals surface area contributed by atoms with Crippen LogP contribution in [0.2, 0.25) is 0 Å². The molecule has 0 aromatic heterocycles. The molecule has 4 saturated carbocycles. The Balaban J connectivity index is 0.000000510. The molecule has 12 atom stereocenters. The zero-order valence-corrected chi connectivity index (χ0v) is 43.8. The van der Waals surface area contributed by atoms with Crippen molar-refractivity contribution in [3.05, 3.63) is 36.5 Å². The van der Waals surface area contributed by atoms with E-state index in [2.05, 4.69) is 68.2 Å². The molecule has 65 heavy (non-hydrogen) atoms. The van der Waals surface area contributed by atoms with Crippen LogP contribution in [0.25, 0.3) is 0 Å². The second-order valence-corrected chi connectivity index (χ2v) is 21.5. The Bertz CT molecular complexity index is 1460. The highest BCUT2D eigenvalue weighted by Gasteiger charge is 2.64. The zero-order chi connectivity index (χ0) is 48.7. The maximum absolute atomic E-state index is 11.9. The molecule has 0 saturated heterocycles. The summed E-state index contributed by atoms with van der Waals surface area (Å²) >= 11 is 0. The molecule has 4 fully saturated rings. The van der Waals surface area contributed by atoms with Gasteiger partial charge in [-0.3, -0.25) is 0 Å². The molecular formula is C56H98O9. The van der Waals surface area contributed by atoms with E-state index in [0.717, 1.165) is 18.8 Å². The Morgan fingerprint density at radius 2 is 1.02 bits per heavy atom. The maximum atomic E-state index is 11.9. The standard InChI is InChI=1S/C35H58O6.C19H34O3.C2H6/c1-10-27-15-16-34(8)22-35(9,31(34)30(27)39-19-26(7)21-41-33(37)24(4)5)17-28-13-11-12-14-29(28)38-18-25(6)20-40-32(36)23(2)3;1-5-6-7-10-17-11-8-9-12-18(17)21-13-16(4)14-22-19(20)15(2)3;1-2/h25-31H,2,4,10-22H2,1,3,5-9H3;16-18H,2,5-14H2,1,3-4H3;1-2H3. The topological polar surface area (TPSA) is 107 Å². The number of ether oxygens (including phenoxy) is 6. The van der Waals surface area contributed by atoms with E-state index in [9.17, 15) is 14.4 Å². The first-order chi connectivity index (χ1) is 30.8. The maximum Gasteiger partial charge on any atom is 0.333 e. The Morgan fingerprint density at radius 1 is 0.585 bits per heavy atom. The van der Waals surface area contributed by atoms with Crippen LogP contribution in [0.15, 0.2) is 36.5 Å². The summed E-state index contributed by atoms with van der Waals surface area (Å²) in [4.78, 5) is 35.0. The Hall–Kier alpha value is -2.49. The van der Waals surface area contributed by atoms with Gasteiger partial charge in [0.25, 0.3) is 0 Å². The van der Waals surface area contributed by atoms with Crippen molar-refractivity contribution in [1.29, 1.82) is 0 Å². The number of hydrogen-bond donors (Lipinski definition) is 0. The van der Waals surface area contributed by atoms with Crippen molar-refractivity contribution in [2.24, 2.45) is 52.3 Å². The lowest BCUT2D eigenvalue weighted by atomic mass is 9.39. The monoisotopic (exact) mass is 915 g/mol. The van der Waals surface area contributed by atoms with E-state index in [1.807, 2.05) is 13.8 Å². The van der Waals surface area contributed by atoms with Crippen LogP contribution in [-0.4, -0.2) is 75.9 Å². The number of fused-ring (bicyclic) bond motifs is 1. The van der Waals surface area contributed by atoms with E-state index in [1.165, 1.54) is 96.3 Å². The zero-order valence-electron chi connectivity index (χ0n) is 43.8. The van der Waals surface area contributed by atoms with Gasteiger partial charge in [-0.25, -0.2) is 14.4 Å². The molecule has 0 spiro atoms. The van der Waals surface area contributed by atoms with E-state index in [0.29, 0.717) is 85.6 Å². The third-order valence-electron chi connectivity index (χ3n) is 14.6. The fourth-order valence-corrected chi connectivity index (χ4v) is 11.3. The summed E-state index contributed by atoms with van der Waals surface area (Å²) in [5.74, 6) is 1.95. The second kappa shape index (κ2) is 30.1. The first-order valence-electron chi connectivity index (χ1n) is 26.2. The highest BCUT2D eigenvalue weighted by atomic mass is 16.5. The predicted molar refractivity (Wildman–Crippen MR) is 265 cm³/mol. The molecule has 9 nitrogen and oxygen atoms in total. The fourth-order valence-electron chi connectivity index (χ4n) is 11.3. The van der Waals surface area contributed by atoms with Crippen LogP contribution in [0.3, 0.4) is 0 Å². The third-order valence-corrected chi connectivity index (χ3v) is 14.6. The predicted octanol–water partition coefficient (Wildman–Crippen LogP) is 13.6. The molecule has 0 aliphatic heterocycles. The molecule has 12 unspecified atom stereocenters. The van der Waals surface area contributed by atoms with Crippen LogP contribution in [0, 0.1) is 52.3 Å². The smallest absolute Gasteiger partial charge is 0.333 e. The highest BCUT2D eigenvalue weighted by molar-refractivity contribution is 5.87. The average molecular weight is 915 g/mol. The first-order valence-corrected chi connectivity index (χ1v) is 26.2. The van der Waals surface area contributed by atoms with Gasteiger partial charge in [0.15, 0.2) is 0 Å². The summed E-state index contributed by atoms with van der Waals surface area (Å²) in [7, 11) is 0. The molecule has 0 aromatic rings. The van der Waals surface area contributed by atoms with Crippen LogP contribution in [0.5, 0.6) is 0 Å². The van der Waals surface area contributed by atoms with Crippen molar-refractivity contribution in [3.63, 3.8) is 0 Å². The summed E-state index contributed by atoms with van der Waals surface area (Å²) in [6.07, 6.45) is 22.2. The third kappa shape index (κ3) is 19.6. The summed E-state index contributed by atoms with van der Waals surface area (Å²) in [5.41, 5.74) is 1.88. The first kappa shape index (κ1) is 58.6. The number of carbonyl (C=O) groups is 3. The minimum atomic E-state index is -0.328. The van der Waals surface area contributed by atoms with Crippen molar-refractivity contribution < 1.29 is 42.8 Å². The lowest BCUT2D eigenvalue weighted by Gasteiger charge is -2.68. The van der Waals surface area contributed by atoms with Gasteiger partial charge in [0, 0.05) is 34.5 Å². The largest absolute Gasteiger partial charge is 0.462 e. The van der Waals surface area contributed by atoms with Crippen molar-refractivity contribution >= 4 is 17.9 Å². The van der Waals surface area contributed by atoms with Crippen LogP contribution < -0.4 is 0 Å². The molecule has 0 N–H and O–H groups in total. The van der Waals surface area contributed by atoms with E-state index in [1.54, 1.807) is 20.8 Å². The number of hydrogen-bond acceptors (Lipinski definition) is 9. The van der Waals surface area contributed by atoms with Gasteiger partial charge in [-0.2, -0.15) is 0 Å². The molecular weight excluding hydrogens is 817 g/mol.